The Morgan fingerprint density at radius 3 is 2.57 bits per heavy atom. The molecule has 2 aromatic rings. The van der Waals surface area contributed by atoms with Crippen LogP contribution in [-0.4, -0.2) is 24.5 Å². The largest absolute Gasteiger partial charge is 0.353 e. The van der Waals surface area contributed by atoms with Crippen LogP contribution in [0.2, 0.25) is 5.02 Å². The van der Waals surface area contributed by atoms with Gasteiger partial charge in [-0.1, -0.05) is 11.6 Å². The highest BCUT2D eigenvalue weighted by Gasteiger charge is 2.21. The van der Waals surface area contributed by atoms with Crippen molar-refractivity contribution in [3.8, 4) is 0 Å². The number of nitrogens with zero attached hydrogens (tertiary/aromatic N) is 2. The van der Waals surface area contributed by atoms with E-state index in [-0.39, 0.29) is 22.2 Å². The van der Waals surface area contributed by atoms with Crippen molar-refractivity contribution in [3.63, 3.8) is 0 Å². The first-order valence-corrected chi connectivity index (χ1v) is 7.80. The third kappa shape index (κ3) is 3.81. The predicted octanol–water partition coefficient (Wildman–Crippen LogP) is 2.03. The van der Waals surface area contributed by atoms with Crippen LogP contribution in [0, 0.1) is 10.1 Å². The lowest BCUT2D eigenvalue weighted by molar-refractivity contribution is -0.385. The zero-order valence-electron chi connectivity index (χ0n) is 10.8. The molecule has 0 unspecified atom stereocenters. The van der Waals surface area contributed by atoms with Crippen molar-refractivity contribution in [2.24, 2.45) is 0 Å². The Balaban J connectivity index is 2.15. The van der Waals surface area contributed by atoms with E-state index < -0.39 is 14.9 Å². The molecule has 9 heteroatoms. The van der Waals surface area contributed by atoms with Crippen LogP contribution in [0.3, 0.4) is 0 Å². The molecule has 21 heavy (non-hydrogen) atoms. The molecule has 1 aromatic heterocycles. The summed E-state index contributed by atoms with van der Waals surface area (Å²) in [5.74, 6) is 0. The highest BCUT2D eigenvalue weighted by Crippen LogP contribution is 2.25. The number of non-ortho nitro benzene ring substituents is 1. The van der Waals surface area contributed by atoms with Crippen molar-refractivity contribution in [1.82, 2.24) is 9.29 Å². The summed E-state index contributed by atoms with van der Waals surface area (Å²) in [6.07, 6.45) is 3.60. The van der Waals surface area contributed by atoms with Crippen LogP contribution in [-0.2, 0) is 16.6 Å². The Kier molecular flexibility index (Phi) is 4.61. The third-order valence-corrected chi connectivity index (χ3v) is 4.69. The molecule has 0 saturated heterocycles. The summed E-state index contributed by atoms with van der Waals surface area (Å²) in [5, 5.41) is 10.6. The van der Waals surface area contributed by atoms with E-state index in [1.54, 1.807) is 17.0 Å². The maximum atomic E-state index is 12.1. The van der Waals surface area contributed by atoms with Gasteiger partial charge in [-0.25, -0.2) is 13.1 Å². The summed E-state index contributed by atoms with van der Waals surface area (Å²) in [6.45, 7) is 0.592. The fourth-order valence-electron chi connectivity index (χ4n) is 1.72. The van der Waals surface area contributed by atoms with Crippen molar-refractivity contribution in [1.29, 1.82) is 0 Å². The summed E-state index contributed by atoms with van der Waals surface area (Å²) < 4.78 is 28.4. The molecule has 0 saturated carbocycles. The first-order valence-electron chi connectivity index (χ1n) is 5.94. The highest BCUT2D eigenvalue weighted by molar-refractivity contribution is 7.89. The zero-order chi connectivity index (χ0) is 15.5. The molecule has 1 heterocycles. The molecule has 0 amide bonds. The number of nitro groups is 1. The minimum absolute atomic E-state index is 0.0611. The van der Waals surface area contributed by atoms with Gasteiger partial charge in [-0.05, 0) is 18.2 Å². The molecule has 1 N–H and O–H groups in total. The normalized spacial score (nSPS) is 11.5. The maximum absolute atomic E-state index is 12.1. The second-order valence-electron chi connectivity index (χ2n) is 4.19. The van der Waals surface area contributed by atoms with Gasteiger partial charge in [-0.2, -0.15) is 0 Å². The first kappa shape index (κ1) is 15.5. The van der Waals surface area contributed by atoms with Crippen LogP contribution in [0.4, 0.5) is 5.69 Å². The summed E-state index contributed by atoms with van der Waals surface area (Å²) in [7, 11) is -3.90. The maximum Gasteiger partial charge on any atom is 0.270 e. The lowest BCUT2D eigenvalue weighted by atomic mass is 10.3. The number of nitro benzene ring substituents is 1. The molecule has 0 radical (unpaired) electrons. The van der Waals surface area contributed by atoms with Gasteiger partial charge in [0.2, 0.25) is 10.0 Å². The van der Waals surface area contributed by atoms with Gasteiger partial charge in [0.25, 0.3) is 5.69 Å². The lowest BCUT2D eigenvalue weighted by Crippen LogP contribution is -2.27. The average molecular weight is 330 g/mol. The van der Waals surface area contributed by atoms with E-state index >= 15 is 0 Å². The minimum atomic E-state index is -3.90. The Bertz CT molecular complexity index is 744. The van der Waals surface area contributed by atoms with Crippen molar-refractivity contribution >= 4 is 27.3 Å². The molecule has 0 aliphatic carbocycles. The van der Waals surface area contributed by atoms with E-state index in [9.17, 15) is 18.5 Å². The number of rotatable bonds is 6. The summed E-state index contributed by atoms with van der Waals surface area (Å²) in [5.41, 5.74) is -0.329. The molecule has 7 nitrogen and oxygen atoms in total. The molecule has 1 aromatic carbocycles. The van der Waals surface area contributed by atoms with Gasteiger partial charge in [-0.15, -0.1) is 0 Å². The smallest absolute Gasteiger partial charge is 0.270 e. The molecule has 112 valence electrons. The zero-order valence-corrected chi connectivity index (χ0v) is 12.3. The first-order chi connectivity index (χ1) is 9.90. The van der Waals surface area contributed by atoms with E-state index in [0.29, 0.717) is 6.54 Å². The Labute approximate surface area is 126 Å². The van der Waals surface area contributed by atoms with Crippen molar-refractivity contribution < 1.29 is 13.3 Å². The number of sulfonamides is 1. The van der Waals surface area contributed by atoms with Gasteiger partial charge in [-0.3, -0.25) is 10.1 Å². The standard InChI is InChI=1S/C12H12ClN3O4S/c13-11-4-3-10(16(17)18)9-12(11)21(19,20)14-5-8-15-6-1-2-7-15/h1-4,6-7,9,14H,5,8H2. The summed E-state index contributed by atoms with van der Waals surface area (Å²) >= 11 is 5.82. The third-order valence-electron chi connectivity index (χ3n) is 2.74. The number of hydrogen-bond donors (Lipinski definition) is 1. The predicted molar refractivity (Wildman–Crippen MR) is 77.7 cm³/mol. The Morgan fingerprint density at radius 2 is 1.95 bits per heavy atom. The van der Waals surface area contributed by atoms with Crippen molar-refractivity contribution in [2.45, 2.75) is 11.4 Å². The van der Waals surface area contributed by atoms with Crippen molar-refractivity contribution in [3.05, 3.63) is 57.9 Å². The van der Waals surface area contributed by atoms with Gasteiger partial charge < -0.3 is 4.57 Å². The number of nitrogens with one attached hydrogen (secondary N) is 1. The fourth-order valence-corrected chi connectivity index (χ4v) is 3.26. The monoisotopic (exact) mass is 329 g/mol. The second kappa shape index (κ2) is 6.25. The highest BCUT2D eigenvalue weighted by atomic mass is 35.5. The van der Waals surface area contributed by atoms with E-state index in [4.69, 9.17) is 11.6 Å². The van der Waals surface area contributed by atoms with Gasteiger partial charge in [0.15, 0.2) is 0 Å². The molecular weight excluding hydrogens is 318 g/mol. The van der Waals surface area contributed by atoms with Crippen LogP contribution in [0.15, 0.2) is 47.6 Å². The number of hydrogen-bond acceptors (Lipinski definition) is 4. The lowest BCUT2D eigenvalue weighted by Gasteiger charge is -2.08. The molecule has 0 bridgehead atoms. The number of halogens is 1. The van der Waals surface area contributed by atoms with Gasteiger partial charge in [0.05, 0.1) is 9.95 Å². The number of aromatic nitrogens is 1. The van der Waals surface area contributed by atoms with E-state index in [2.05, 4.69) is 4.72 Å². The molecule has 0 aliphatic heterocycles. The van der Waals surface area contributed by atoms with Crippen LogP contribution in [0.25, 0.3) is 0 Å². The quantitative estimate of drug-likeness (QED) is 0.648. The van der Waals surface area contributed by atoms with E-state index in [1.165, 1.54) is 6.07 Å². The van der Waals surface area contributed by atoms with Gasteiger partial charge in [0, 0.05) is 37.6 Å². The summed E-state index contributed by atoms with van der Waals surface area (Å²) in [4.78, 5) is 9.73. The van der Waals surface area contributed by atoms with Gasteiger partial charge in [0.1, 0.15) is 4.90 Å². The fraction of sp³-hybridized carbons (Fsp3) is 0.167. The van der Waals surface area contributed by atoms with Crippen LogP contribution in [0.5, 0.6) is 0 Å². The van der Waals surface area contributed by atoms with Crippen LogP contribution < -0.4 is 4.72 Å². The second-order valence-corrected chi connectivity index (χ2v) is 6.33. The Morgan fingerprint density at radius 1 is 1.29 bits per heavy atom. The van der Waals surface area contributed by atoms with E-state index in [0.717, 1.165) is 12.1 Å². The number of benzene rings is 1. The summed E-state index contributed by atoms with van der Waals surface area (Å²) in [6, 6.07) is 6.94. The van der Waals surface area contributed by atoms with E-state index in [1.807, 2.05) is 12.1 Å². The molecule has 0 aliphatic rings. The van der Waals surface area contributed by atoms with Crippen LogP contribution >= 0.6 is 11.6 Å². The Hall–Kier alpha value is -1.90. The van der Waals surface area contributed by atoms with Crippen LogP contribution in [0.1, 0.15) is 0 Å². The molecule has 0 fully saturated rings. The minimum Gasteiger partial charge on any atom is -0.353 e. The molecule has 0 atom stereocenters. The molecule has 2 rings (SSSR count). The molecular formula is C12H12ClN3O4S. The SMILES string of the molecule is O=[N+]([O-])c1ccc(Cl)c(S(=O)(=O)NCCn2cccc2)c1. The van der Waals surface area contributed by atoms with Gasteiger partial charge >= 0.3 is 0 Å². The molecule has 0 spiro atoms. The topological polar surface area (TPSA) is 94.2 Å². The van der Waals surface area contributed by atoms with Crippen molar-refractivity contribution in [2.75, 3.05) is 6.54 Å². The average Bonchev–Trinajstić information content (AvgIpc) is 2.91.